The van der Waals surface area contributed by atoms with Crippen molar-refractivity contribution in [2.75, 3.05) is 26.2 Å². The van der Waals surface area contributed by atoms with E-state index in [4.69, 9.17) is 4.74 Å². The van der Waals surface area contributed by atoms with Crippen molar-refractivity contribution in [2.24, 2.45) is 0 Å². The summed E-state index contributed by atoms with van der Waals surface area (Å²) in [6, 6.07) is 16.1. The van der Waals surface area contributed by atoms with Gasteiger partial charge in [0.25, 0.3) is 5.91 Å². The fraction of sp³-hybridized carbons (Fsp3) is 0.227. The molecule has 0 unspecified atom stereocenters. The molecule has 0 atom stereocenters. The lowest BCUT2D eigenvalue weighted by Gasteiger charge is -2.34. The van der Waals surface area contributed by atoms with E-state index in [0.717, 1.165) is 5.56 Å². The third kappa shape index (κ3) is 4.89. The molecule has 1 fully saturated rings. The summed E-state index contributed by atoms with van der Waals surface area (Å²) in [7, 11) is -3.61. The van der Waals surface area contributed by atoms with Crippen LogP contribution < -0.4 is 4.74 Å². The van der Waals surface area contributed by atoms with Gasteiger partial charge in [0.05, 0.1) is 0 Å². The van der Waals surface area contributed by atoms with E-state index in [1.807, 2.05) is 30.3 Å². The minimum Gasteiger partial charge on any atom is -0.473 e. The largest absolute Gasteiger partial charge is 0.473 e. The highest BCUT2D eigenvalue weighted by Gasteiger charge is 2.30. The Balaban J connectivity index is 1.37. The van der Waals surface area contributed by atoms with Crippen molar-refractivity contribution in [1.82, 2.24) is 19.2 Å². The van der Waals surface area contributed by atoms with Gasteiger partial charge in [-0.3, -0.25) is 9.78 Å². The van der Waals surface area contributed by atoms with Crippen molar-refractivity contribution in [2.45, 2.75) is 11.5 Å². The first-order chi connectivity index (χ1) is 15.0. The molecule has 31 heavy (non-hydrogen) atoms. The molecule has 160 valence electrons. The monoisotopic (exact) mass is 438 g/mol. The Morgan fingerprint density at radius 3 is 2.45 bits per heavy atom. The van der Waals surface area contributed by atoms with Gasteiger partial charge in [0.1, 0.15) is 11.5 Å². The van der Waals surface area contributed by atoms with Gasteiger partial charge in [-0.2, -0.15) is 4.31 Å². The summed E-state index contributed by atoms with van der Waals surface area (Å²) in [4.78, 5) is 22.8. The standard InChI is InChI=1S/C22H22N4O4S/c27-22(19-8-10-24-21(15-19)30-17-18-5-2-1-3-6-18)25-11-13-26(14-12-25)31(28,29)20-7-4-9-23-16-20/h1-10,15-16H,11-14,17H2. The Morgan fingerprint density at radius 1 is 0.968 bits per heavy atom. The molecule has 0 aliphatic carbocycles. The third-order valence-corrected chi connectivity index (χ3v) is 6.89. The number of carbonyl (C=O) groups excluding carboxylic acids is 1. The number of carbonyl (C=O) groups is 1. The zero-order valence-corrected chi connectivity index (χ0v) is 17.6. The molecule has 8 nitrogen and oxygen atoms in total. The van der Waals surface area contributed by atoms with Crippen LogP contribution in [0.2, 0.25) is 0 Å². The van der Waals surface area contributed by atoms with Gasteiger partial charge in [-0.05, 0) is 23.8 Å². The van der Waals surface area contributed by atoms with Gasteiger partial charge >= 0.3 is 0 Å². The molecule has 3 heterocycles. The zero-order chi connectivity index (χ0) is 21.7. The van der Waals surface area contributed by atoms with Crippen LogP contribution in [0.15, 0.2) is 78.1 Å². The number of benzene rings is 1. The molecule has 1 aliphatic rings. The van der Waals surface area contributed by atoms with E-state index in [1.54, 1.807) is 23.1 Å². The lowest BCUT2D eigenvalue weighted by molar-refractivity contribution is 0.0697. The highest BCUT2D eigenvalue weighted by atomic mass is 32.2. The second-order valence-electron chi connectivity index (χ2n) is 7.04. The number of nitrogens with zero attached hydrogens (tertiary/aromatic N) is 4. The van der Waals surface area contributed by atoms with Crippen LogP contribution >= 0.6 is 0 Å². The Labute approximate surface area is 181 Å². The maximum absolute atomic E-state index is 12.9. The molecule has 1 amide bonds. The highest BCUT2D eigenvalue weighted by molar-refractivity contribution is 7.89. The number of amides is 1. The van der Waals surface area contributed by atoms with E-state index in [9.17, 15) is 13.2 Å². The lowest BCUT2D eigenvalue weighted by Crippen LogP contribution is -2.50. The molecule has 0 saturated carbocycles. The van der Waals surface area contributed by atoms with Crippen molar-refractivity contribution in [3.63, 3.8) is 0 Å². The minimum absolute atomic E-state index is 0.157. The number of ether oxygens (including phenoxy) is 1. The molecule has 4 rings (SSSR count). The van der Waals surface area contributed by atoms with Crippen LogP contribution in [0.3, 0.4) is 0 Å². The summed E-state index contributed by atoms with van der Waals surface area (Å²) in [6.45, 7) is 1.43. The number of hydrogen-bond acceptors (Lipinski definition) is 6. The Kier molecular flexibility index (Phi) is 6.24. The second-order valence-corrected chi connectivity index (χ2v) is 8.98. The van der Waals surface area contributed by atoms with Gasteiger partial charge in [0.2, 0.25) is 15.9 Å². The highest BCUT2D eigenvalue weighted by Crippen LogP contribution is 2.19. The average molecular weight is 439 g/mol. The van der Waals surface area contributed by atoms with E-state index in [2.05, 4.69) is 9.97 Å². The fourth-order valence-electron chi connectivity index (χ4n) is 3.32. The van der Waals surface area contributed by atoms with Gasteiger partial charge in [0, 0.05) is 56.4 Å². The summed E-state index contributed by atoms with van der Waals surface area (Å²) < 4.78 is 32.5. The van der Waals surface area contributed by atoms with Crippen molar-refractivity contribution in [1.29, 1.82) is 0 Å². The molecule has 1 aromatic carbocycles. The maximum atomic E-state index is 12.9. The smallest absolute Gasteiger partial charge is 0.254 e. The van der Waals surface area contributed by atoms with Crippen molar-refractivity contribution >= 4 is 15.9 Å². The number of rotatable bonds is 6. The summed E-state index contributed by atoms with van der Waals surface area (Å²) in [5, 5.41) is 0. The SMILES string of the molecule is O=C(c1ccnc(OCc2ccccc2)c1)N1CCN(S(=O)(=O)c2cccnc2)CC1. The Bertz CT molecular complexity index is 1130. The average Bonchev–Trinajstić information content (AvgIpc) is 2.84. The molecule has 0 spiro atoms. The molecule has 0 N–H and O–H groups in total. The van der Waals surface area contributed by atoms with Gasteiger partial charge in [-0.15, -0.1) is 0 Å². The number of piperazine rings is 1. The first-order valence-electron chi connectivity index (χ1n) is 9.86. The van der Waals surface area contributed by atoms with Crippen molar-refractivity contribution in [3.8, 4) is 5.88 Å². The van der Waals surface area contributed by atoms with Crippen LogP contribution in [0, 0.1) is 0 Å². The van der Waals surface area contributed by atoms with E-state index in [1.165, 1.54) is 29.0 Å². The van der Waals surface area contributed by atoms with Gasteiger partial charge in [0.15, 0.2) is 0 Å². The van der Waals surface area contributed by atoms with Crippen LogP contribution in [-0.2, 0) is 16.6 Å². The number of aromatic nitrogens is 2. The molecular weight excluding hydrogens is 416 g/mol. The quantitative estimate of drug-likeness (QED) is 0.586. The lowest BCUT2D eigenvalue weighted by atomic mass is 10.2. The zero-order valence-electron chi connectivity index (χ0n) is 16.8. The van der Waals surface area contributed by atoms with Gasteiger partial charge in [-0.25, -0.2) is 13.4 Å². The van der Waals surface area contributed by atoms with Crippen molar-refractivity contribution < 1.29 is 17.9 Å². The van der Waals surface area contributed by atoms with Crippen LogP contribution in [0.5, 0.6) is 5.88 Å². The minimum atomic E-state index is -3.61. The molecule has 0 bridgehead atoms. The molecule has 1 aliphatic heterocycles. The van der Waals surface area contributed by atoms with E-state index < -0.39 is 10.0 Å². The van der Waals surface area contributed by atoms with E-state index in [0.29, 0.717) is 31.1 Å². The number of pyridine rings is 2. The molecule has 1 saturated heterocycles. The predicted octanol–water partition coefficient (Wildman–Crippen LogP) is 2.20. The molecule has 9 heteroatoms. The summed E-state index contributed by atoms with van der Waals surface area (Å²) in [6.07, 6.45) is 4.40. The first kappa shape index (κ1) is 21.0. The Morgan fingerprint density at radius 2 is 1.74 bits per heavy atom. The van der Waals surface area contributed by atoms with Gasteiger partial charge < -0.3 is 9.64 Å². The normalized spacial score (nSPS) is 14.9. The maximum Gasteiger partial charge on any atom is 0.254 e. The predicted molar refractivity (Wildman–Crippen MR) is 114 cm³/mol. The number of sulfonamides is 1. The molecule has 0 radical (unpaired) electrons. The summed E-state index contributed by atoms with van der Waals surface area (Å²) in [5.74, 6) is 0.192. The van der Waals surface area contributed by atoms with Crippen LogP contribution in [-0.4, -0.2) is 59.7 Å². The van der Waals surface area contributed by atoms with Gasteiger partial charge in [-0.1, -0.05) is 30.3 Å². The summed E-state index contributed by atoms with van der Waals surface area (Å²) in [5.41, 5.74) is 1.47. The third-order valence-electron chi connectivity index (χ3n) is 5.01. The fourth-order valence-corrected chi connectivity index (χ4v) is 4.70. The first-order valence-corrected chi connectivity index (χ1v) is 11.3. The second kappa shape index (κ2) is 9.23. The number of hydrogen-bond donors (Lipinski definition) is 0. The van der Waals surface area contributed by atoms with Crippen molar-refractivity contribution in [3.05, 3.63) is 84.3 Å². The van der Waals surface area contributed by atoms with Crippen LogP contribution in [0.4, 0.5) is 0 Å². The summed E-state index contributed by atoms with van der Waals surface area (Å²) >= 11 is 0. The van der Waals surface area contributed by atoms with Crippen LogP contribution in [0.25, 0.3) is 0 Å². The topological polar surface area (TPSA) is 92.7 Å². The van der Waals surface area contributed by atoms with E-state index >= 15 is 0 Å². The molecule has 2 aromatic heterocycles. The molecular formula is C22H22N4O4S. The Hall–Kier alpha value is -3.30. The van der Waals surface area contributed by atoms with Crippen LogP contribution in [0.1, 0.15) is 15.9 Å². The van der Waals surface area contributed by atoms with E-state index in [-0.39, 0.29) is 23.9 Å². The molecule has 3 aromatic rings.